The van der Waals surface area contributed by atoms with Crippen molar-refractivity contribution in [2.45, 2.75) is 38.1 Å². The summed E-state index contributed by atoms with van der Waals surface area (Å²) in [4.78, 5) is 22.9. The van der Waals surface area contributed by atoms with Gasteiger partial charge in [0.2, 0.25) is 0 Å². The molecule has 1 aromatic heterocycles. The second kappa shape index (κ2) is 6.24. The third-order valence-electron chi connectivity index (χ3n) is 7.29. The van der Waals surface area contributed by atoms with Gasteiger partial charge < -0.3 is 20.4 Å². The lowest BCUT2D eigenvalue weighted by Crippen LogP contribution is -2.59. The quantitative estimate of drug-likeness (QED) is 0.656. The molecule has 29 heavy (non-hydrogen) atoms. The fourth-order valence-electron chi connectivity index (χ4n) is 5.46. The van der Waals surface area contributed by atoms with Crippen molar-refractivity contribution in [3.05, 3.63) is 53.3 Å². The number of benzene rings is 2. The van der Waals surface area contributed by atoms with Gasteiger partial charge in [0, 0.05) is 23.6 Å². The van der Waals surface area contributed by atoms with Crippen LogP contribution in [0.15, 0.2) is 36.7 Å². The van der Waals surface area contributed by atoms with Crippen molar-refractivity contribution in [2.75, 3.05) is 19.4 Å². The summed E-state index contributed by atoms with van der Waals surface area (Å²) in [6.07, 6.45) is 3.36. The summed E-state index contributed by atoms with van der Waals surface area (Å²) in [6, 6.07) is 9.90. The number of amides is 1. The minimum atomic E-state index is -0.0685. The van der Waals surface area contributed by atoms with Gasteiger partial charge >= 0.3 is 0 Å². The summed E-state index contributed by atoms with van der Waals surface area (Å²) < 4.78 is 5.48. The summed E-state index contributed by atoms with van der Waals surface area (Å²) in [7, 11) is 1.66. The first-order chi connectivity index (χ1) is 13.9. The Kier molecular flexibility index (Phi) is 3.88. The largest absolute Gasteiger partial charge is 0.495 e. The van der Waals surface area contributed by atoms with E-state index >= 15 is 0 Å². The summed E-state index contributed by atoms with van der Waals surface area (Å²) in [5.41, 5.74) is 12.1. The van der Waals surface area contributed by atoms with E-state index in [-0.39, 0.29) is 17.4 Å². The van der Waals surface area contributed by atoms with Crippen LogP contribution in [0.2, 0.25) is 0 Å². The number of fused-ring (bicyclic) bond motifs is 5. The van der Waals surface area contributed by atoms with E-state index in [1.54, 1.807) is 13.4 Å². The second-order valence-corrected chi connectivity index (χ2v) is 8.58. The molecule has 0 unspecified atom stereocenters. The standard InChI is InChI=1S/C23H26N4O2/c1-13-18-11-14-5-7-19(29-3)21(24)20(14)23(13,2)8-9-27(18)22(28)15-4-6-16-17(10-15)26-12-25-16/h4-7,10,12-13,18H,8-9,11,24H2,1-3H3,(H,25,26)/t13-,18-,23-/m1/s1. The first kappa shape index (κ1) is 18.0. The monoisotopic (exact) mass is 390 g/mol. The molecule has 2 heterocycles. The lowest BCUT2D eigenvalue weighted by atomic mass is 9.58. The van der Waals surface area contributed by atoms with Gasteiger partial charge in [-0.25, -0.2) is 4.98 Å². The average Bonchev–Trinajstić information content (AvgIpc) is 3.18. The van der Waals surface area contributed by atoms with Gasteiger partial charge in [-0.15, -0.1) is 0 Å². The Hall–Kier alpha value is -3.02. The van der Waals surface area contributed by atoms with Gasteiger partial charge in [-0.2, -0.15) is 0 Å². The van der Waals surface area contributed by atoms with E-state index in [1.165, 1.54) is 11.1 Å². The number of likely N-dealkylation sites (tertiary alicyclic amines) is 1. The lowest BCUT2D eigenvalue weighted by molar-refractivity contribution is 0.0252. The number of hydrogen-bond donors (Lipinski definition) is 2. The Balaban J connectivity index is 1.53. The third kappa shape index (κ3) is 2.48. The SMILES string of the molecule is COc1ccc2c(c1N)[C@]1(C)CCN(C(=O)c3ccc4nc[nH]c4c3)[C@H](C2)[C@H]1C. The van der Waals surface area contributed by atoms with Gasteiger partial charge in [0.05, 0.1) is 30.2 Å². The zero-order valence-electron chi connectivity index (χ0n) is 17.0. The Morgan fingerprint density at radius 2 is 2.17 bits per heavy atom. The van der Waals surface area contributed by atoms with E-state index < -0.39 is 0 Å². The fraction of sp³-hybridized carbons (Fsp3) is 0.391. The number of hydrogen-bond acceptors (Lipinski definition) is 4. The number of aromatic amines is 1. The predicted octanol–water partition coefficient (Wildman–Crippen LogP) is 3.52. The van der Waals surface area contributed by atoms with Crippen LogP contribution in [0.4, 0.5) is 5.69 Å². The molecule has 2 bridgehead atoms. The number of methoxy groups -OCH3 is 1. The molecule has 5 rings (SSSR count). The maximum Gasteiger partial charge on any atom is 0.254 e. The maximum atomic E-state index is 13.4. The summed E-state index contributed by atoms with van der Waals surface area (Å²) in [5.74, 6) is 1.13. The summed E-state index contributed by atoms with van der Waals surface area (Å²) in [6.45, 7) is 5.27. The molecule has 0 saturated carbocycles. The molecule has 0 spiro atoms. The van der Waals surface area contributed by atoms with Crippen molar-refractivity contribution in [1.82, 2.24) is 14.9 Å². The van der Waals surface area contributed by atoms with Crippen LogP contribution in [0.1, 0.15) is 41.8 Å². The molecule has 3 atom stereocenters. The molecule has 1 aliphatic carbocycles. The van der Waals surface area contributed by atoms with Crippen molar-refractivity contribution in [3.63, 3.8) is 0 Å². The smallest absolute Gasteiger partial charge is 0.254 e. The van der Waals surface area contributed by atoms with Crippen LogP contribution in [0, 0.1) is 5.92 Å². The molecule has 150 valence electrons. The van der Waals surface area contributed by atoms with Crippen LogP contribution in [0.5, 0.6) is 5.75 Å². The highest BCUT2D eigenvalue weighted by atomic mass is 16.5. The van der Waals surface area contributed by atoms with Crippen molar-refractivity contribution < 1.29 is 9.53 Å². The number of rotatable bonds is 2. The minimum absolute atomic E-state index is 0.0685. The predicted molar refractivity (Wildman–Crippen MR) is 113 cm³/mol. The second-order valence-electron chi connectivity index (χ2n) is 8.58. The number of nitrogen functional groups attached to an aromatic ring is 1. The number of piperidine rings is 1. The number of carbonyl (C=O) groups is 1. The van der Waals surface area contributed by atoms with Gasteiger partial charge in [0.15, 0.2) is 0 Å². The molecular weight excluding hydrogens is 364 g/mol. The van der Waals surface area contributed by atoms with E-state index in [0.717, 1.165) is 41.9 Å². The van der Waals surface area contributed by atoms with Crippen molar-refractivity contribution in [2.24, 2.45) is 5.92 Å². The van der Waals surface area contributed by atoms with Crippen molar-refractivity contribution in [3.8, 4) is 5.75 Å². The average molecular weight is 390 g/mol. The first-order valence-electron chi connectivity index (χ1n) is 10.1. The molecule has 1 fully saturated rings. The Morgan fingerprint density at radius 1 is 1.34 bits per heavy atom. The molecule has 6 nitrogen and oxygen atoms in total. The van der Waals surface area contributed by atoms with E-state index in [2.05, 4.69) is 34.8 Å². The highest BCUT2D eigenvalue weighted by Gasteiger charge is 2.50. The number of nitrogens with two attached hydrogens (primary N) is 1. The molecule has 0 radical (unpaired) electrons. The van der Waals surface area contributed by atoms with Gasteiger partial charge in [-0.05, 0) is 54.2 Å². The number of nitrogens with zero attached hydrogens (tertiary/aromatic N) is 2. The number of anilines is 1. The number of H-pyrrole nitrogens is 1. The minimum Gasteiger partial charge on any atom is -0.495 e. The van der Waals surface area contributed by atoms with E-state index in [1.807, 2.05) is 24.3 Å². The number of carbonyl (C=O) groups excluding carboxylic acids is 1. The van der Waals surface area contributed by atoms with Crippen molar-refractivity contribution >= 4 is 22.6 Å². The van der Waals surface area contributed by atoms with Crippen LogP contribution in [-0.4, -0.2) is 40.5 Å². The highest BCUT2D eigenvalue weighted by molar-refractivity contribution is 5.97. The number of aromatic nitrogens is 2. The van der Waals surface area contributed by atoms with Crippen LogP contribution >= 0.6 is 0 Å². The normalized spacial score (nSPS) is 25.7. The molecule has 1 saturated heterocycles. The van der Waals surface area contributed by atoms with Crippen LogP contribution in [-0.2, 0) is 11.8 Å². The molecule has 3 N–H and O–H groups in total. The Bertz CT molecular complexity index is 1120. The summed E-state index contributed by atoms with van der Waals surface area (Å²) >= 11 is 0. The summed E-state index contributed by atoms with van der Waals surface area (Å²) in [5, 5.41) is 0. The topological polar surface area (TPSA) is 84.2 Å². The van der Waals surface area contributed by atoms with Gasteiger partial charge in [0.1, 0.15) is 5.75 Å². The van der Waals surface area contributed by atoms with Crippen LogP contribution < -0.4 is 10.5 Å². The number of nitrogens with one attached hydrogen (secondary N) is 1. The Morgan fingerprint density at radius 3 is 2.97 bits per heavy atom. The number of imidazole rings is 1. The van der Waals surface area contributed by atoms with Crippen LogP contribution in [0.25, 0.3) is 11.0 Å². The van der Waals surface area contributed by atoms with E-state index in [9.17, 15) is 4.79 Å². The van der Waals surface area contributed by atoms with Crippen LogP contribution in [0.3, 0.4) is 0 Å². The van der Waals surface area contributed by atoms with E-state index in [0.29, 0.717) is 11.5 Å². The van der Waals surface area contributed by atoms with Gasteiger partial charge in [-0.1, -0.05) is 19.9 Å². The van der Waals surface area contributed by atoms with E-state index in [4.69, 9.17) is 10.5 Å². The first-order valence-corrected chi connectivity index (χ1v) is 10.1. The maximum absolute atomic E-state index is 13.4. The number of ether oxygens (including phenoxy) is 1. The van der Waals surface area contributed by atoms with Gasteiger partial charge in [-0.3, -0.25) is 4.79 Å². The zero-order valence-corrected chi connectivity index (χ0v) is 17.0. The molecule has 1 aliphatic heterocycles. The highest BCUT2D eigenvalue weighted by Crippen LogP contribution is 2.52. The zero-order chi connectivity index (χ0) is 20.3. The fourth-order valence-corrected chi connectivity index (χ4v) is 5.46. The van der Waals surface area contributed by atoms with Gasteiger partial charge in [0.25, 0.3) is 5.91 Å². The molecule has 3 aromatic rings. The van der Waals surface area contributed by atoms with Crippen molar-refractivity contribution in [1.29, 1.82) is 0 Å². The molecule has 2 aromatic carbocycles. The third-order valence-corrected chi connectivity index (χ3v) is 7.29. The molecule has 6 heteroatoms. The molecule has 2 aliphatic rings. The molecular formula is C23H26N4O2. The lowest BCUT2D eigenvalue weighted by Gasteiger charge is -2.54. The molecule has 1 amide bonds. The Labute approximate surface area is 170 Å².